The fraction of sp³-hybridized carbons (Fsp3) is 0.458. The Balaban J connectivity index is 2.21. The molecule has 32 heavy (non-hydrogen) atoms. The fourth-order valence-corrected chi connectivity index (χ4v) is 4.31. The van der Waals surface area contributed by atoms with Crippen molar-refractivity contribution in [2.75, 3.05) is 19.8 Å². The van der Waals surface area contributed by atoms with Crippen LogP contribution in [0, 0.1) is 0 Å². The number of benzene rings is 2. The first-order valence-corrected chi connectivity index (χ1v) is 10.8. The minimum atomic E-state index is -4.57. The van der Waals surface area contributed by atoms with E-state index in [1.54, 1.807) is 29.2 Å². The number of ether oxygens (including phenoxy) is 2. The largest absolute Gasteiger partial charge is 0.490 e. The van der Waals surface area contributed by atoms with E-state index < -0.39 is 29.8 Å². The first-order chi connectivity index (χ1) is 15.3. The lowest BCUT2D eigenvalue weighted by Crippen LogP contribution is -2.47. The van der Waals surface area contributed by atoms with Gasteiger partial charge in [-0.2, -0.15) is 13.2 Å². The van der Waals surface area contributed by atoms with Crippen LogP contribution in [-0.4, -0.2) is 41.8 Å². The van der Waals surface area contributed by atoms with Crippen LogP contribution in [0.2, 0.25) is 0 Å². The first-order valence-electron chi connectivity index (χ1n) is 10.8. The number of nitrogens with zero attached hydrogens (tertiary/aromatic N) is 1. The molecule has 1 saturated heterocycles. The highest BCUT2D eigenvalue weighted by Gasteiger charge is 2.40. The molecule has 0 bridgehead atoms. The lowest BCUT2D eigenvalue weighted by molar-refractivity contribution is -0.145. The number of aliphatic carboxylic acids is 1. The zero-order chi connectivity index (χ0) is 23.3. The lowest BCUT2D eigenvalue weighted by Gasteiger charge is -2.40. The predicted octanol–water partition coefficient (Wildman–Crippen LogP) is 5.53. The fourth-order valence-electron chi connectivity index (χ4n) is 4.31. The summed E-state index contributed by atoms with van der Waals surface area (Å²) in [5.41, 5.74) is -0.215. The summed E-state index contributed by atoms with van der Waals surface area (Å²) in [6.45, 7) is 4.79. The van der Waals surface area contributed by atoms with Crippen LogP contribution >= 0.6 is 0 Å². The standard InChI is InChI=1S/C24H28F3NO4/c1-3-31-20-13-12-16(15-21(20)32-4-2)22(28-14-8-7-11-19(28)23(29)30)17-9-5-6-10-18(17)24(25,26)27/h5-6,9-10,12-13,15,19,22H,3-4,7-8,11,14H2,1-2H3,(H,29,30). The molecule has 5 nitrogen and oxygen atoms in total. The minimum Gasteiger partial charge on any atom is -0.490 e. The molecule has 0 amide bonds. The Morgan fingerprint density at radius 3 is 2.44 bits per heavy atom. The third-order valence-electron chi connectivity index (χ3n) is 5.60. The number of carbonyl (C=O) groups is 1. The van der Waals surface area contributed by atoms with Gasteiger partial charge in [0.15, 0.2) is 11.5 Å². The van der Waals surface area contributed by atoms with Crippen LogP contribution in [0.15, 0.2) is 42.5 Å². The van der Waals surface area contributed by atoms with E-state index in [0.717, 1.165) is 6.07 Å². The third kappa shape index (κ3) is 5.18. The predicted molar refractivity (Wildman–Crippen MR) is 114 cm³/mol. The Hall–Kier alpha value is -2.74. The van der Waals surface area contributed by atoms with Gasteiger partial charge in [0.05, 0.1) is 24.8 Å². The Morgan fingerprint density at radius 2 is 1.78 bits per heavy atom. The molecule has 0 spiro atoms. The SMILES string of the molecule is CCOc1ccc(C(c2ccccc2C(F)(F)F)N2CCCCC2C(=O)O)cc1OCC. The molecular formula is C24H28F3NO4. The number of rotatable bonds is 8. The second kappa shape index (κ2) is 10.3. The molecule has 174 valence electrons. The van der Waals surface area contributed by atoms with Crippen LogP contribution < -0.4 is 9.47 Å². The normalized spacial score (nSPS) is 18.2. The van der Waals surface area contributed by atoms with Crippen LogP contribution in [0.5, 0.6) is 11.5 Å². The van der Waals surface area contributed by atoms with Gasteiger partial charge < -0.3 is 14.6 Å². The molecule has 2 aromatic carbocycles. The van der Waals surface area contributed by atoms with Gasteiger partial charge in [0.2, 0.25) is 0 Å². The number of alkyl halides is 3. The molecule has 0 aromatic heterocycles. The Kier molecular flexibility index (Phi) is 7.66. The van der Waals surface area contributed by atoms with Gasteiger partial charge >= 0.3 is 12.1 Å². The quantitative estimate of drug-likeness (QED) is 0.572. The molecule has 3 rings (SSSR count). The van der Waals surface area contributed by atoms with Crippen molar-refractivity contribution in [3.63, 3.8) is 0 Å². The maximum absolute atomic E-state index is 13.9. The summed E-state index contributed by atoms with van der Waals surface area (Å²) in [6.07, 6.45) is -2.76. The van der Waals surface area contributed by atoms with E-state index in [9.17, 15) is 23.1 Å². The van der Waals surface area contributed by atoms with Gasteiger partial charge in [-0.25, -0.2) is 0 Å². The van der Waals surface area contributed by atoms with Gasteiger partial charge in [0.25, 0.3) is 0 Å². The molecule has 1 aliphatic heterocycles. The number of carboxylic acids is 1. The van der Waals surface area contributed by atoms with Crippen molar-refractivity contribution in [1.29, 1.82) is 0 Å². The third-order valence-corrected chi connectivity index (χ3v) is 5.60. The summed E-state index contributed by atoms with van der Waals surface area (Å²) in [7, 11) is 0. The van der Waals surface area contributed by atoms with Crippen LogP contribution in [0.3, 0.4) is 0 Å². The van der Waals surface area contributed by atoms with E-state index >= 15 is 0 Å². The van der Waals surface area contributed by atoms with Crippen molar-refractivity contribution in [2.45, 2.75) is 51.4 Å². The molecule has 2 unspecified atom stereocenters. The molecule has 1 fully saturated rings. The zero-order valence-corrected chi connectivity index (χ0v) is 18.2. The summed E-state index contributed by atoms with van der Waals surface area (Å²) in [6, 6.07) is 8.62. The number of halogens is 3. The van der Waals surface area contributed by atoms with E-state index in [4.69, 9.17) is 9.47 Å². The summed E-state index contributed by atoms with van der Waals surface area (Å²) in [5, 5.41) is 9.82. The molecule has 0 saturated carbocycles. The van der Waals surface area contributed by atoms with Gasteiger partial charge in [-0.1, -0.05) is 30.7 Å². The van der Waals surface area contributed by atoms with Crippen molar-refractivity contribution in [2.24, 2.45) is 0 Å². The summed E-state index contributed by atoms with van der Waals surface area (Å²) < 4.78 is 53.1. The van der Waals surface area contributed by atoms with Gasteiger partial charge in [0, 0.05) is 0 Å². The second-order valence-corrected chi connectivity index (χ2v) is 7.65. The van der Waals surface area contributed by atoms with Crippen LogP contribution in [0.1, 0.15) is 55.8 Å². The number of hydrogen-bond acceptors (Lipinski definition) is 4. The van der Waals surface area contributed by atoms with Gasteiger partial charge in [-0.15, -0.1) is 0 Å². The van der Waals surface area contributed by atoms with Crippen molar-refractivity contribution < 1.29 is 32.5 Å². The number of carboxylic acid groups (broad SMARTS) is 1. The van der Waals surface area contributed by atoms with Gasteiger partial charge in [0.1, 0.15) is 6.04 Å². The van der Waals surface area contributed by atoms with E-state index in [-0.39, 0.29) is 5.56 Å². The molecule has 2 atom stereocenters. The lowest BCUT2D eigenvalue weighted by atomic mass is 9.89. The van der Waals surface area contributed by atoms with E-state index in [0.29, 0.717) is 56.1 Å². The van der Waals surface area contributed by atoms with E-state index in [1.807, 2.05) is 13.8 Å². The van der Waals surface area contributed by atoms with Gasteiger partial charge in [-0.05, 0) is 62.6 Å². The Bertz CT molecular complexity index is 932. The van der Waals surface area contributed by atoms with Crippen LogP contribution in [-0.2, 0) is 11.0 Å². The molecular weight excluding hydrogens is 423 g/mol. The van der Waals surface area contributed by atoms with Gasteiger partial charge in [-0.3, -0.25) is 9.69 Å². The highest BCUT2D eigenvalue weighted by atomic mass is 19.4. The van der Waals surface area contributed by atoms with Crippen molar-refractivity contribution in [3.05, 3.63) is 59.2 Å². The maximum Gasteiger partial charge on any atom is 0.416 e. The van der Waals surface area contributed by atoms with Crippen molar-refractivity contribution in [3.8, 4) is 11.5 Å². The van der Waals surface area contributed by atoms with Crippen molar-refractivity contribution >= 4 is 5.97 Å². The highest BCUT2D eigenvalue weighted by molar-refractivity contribution is 5.73. The smallest absolute Gasteiger partial charge is 0.416 e. The molecule has 0 radical (unpaired) electrons. The summed E-state index contributed by atoms with van der Waals surface area (Å²) >= 11 is 0. The Labute approximate surface area is 185 Å². The Morgan fingerprint density at radius 1 is 1.09 bits per heavy atom. The molecule has 1 aliphatic rings. The number of likely N-dealkylation sites (tertiary alicyclic amines) is 1. The topological polar surface area (TPSA) is 59.0 Å². The average Bonchev–Trinajstić information content (AvgIpc) is 2.76. The highest BCUT2D eigenvalue weighted by Crippen LogP contribution is 2.43. The minimum absolute atomic E-state index is 0.0276. The van der Waals surface area contributed by atoms with Crippen molar-refractivity contribution in [1.82, 2.24) is 4.90 Å². The van der Waals surface area contributed by atoms with Crippen LogP contribution in [0.4, 0.5) is 13.2 Å². The summed E-state index contributed by atoms with van der Waals surface area (Å²) in [5.74, 6) is -0.116. The number of piperidine rings is 1. The average molecular weight is 451 g/mol. The zero-order valence-electron chi connectivity index (χ0n) is 18.2. The summed E-state index contributed by atoms with van der Waals surface area (Å²) in [4.78, 5) is 13.7. The molecule has 0 aliphatic carbocycles. The second-order valence-electron chi connectivity index (χ2n) is 7.65. The molecule has 2 aromatic rings. The van der Waals surface area contributed by atoms with E-state index in [2.05, 4.69) is 0 Å². The molecule has 1 N–H and O–H groups in total. The maximum atomic E-state index is 13.9. The van der Waals surface area contributed by atoms with E-state index in [1.165, 1.54) is 12.1 Å². The monoisotopic (exact) mass is 451 g/mol. The number of hydrogen-bond donors (Lipinski definition) is 1. The first kappa shape index (κ1) is 23.9. The molecule has 1 heterocycles. The van der Waals surface area contributed by atoms with Crippen LogP contribution in [0.25, 0.3) is 0 Å². The molecule has 8 heteroatoms.